The molecule has 1 aliphatic rings. The molecule has 0 bridgehead atoms. The monoisotopic (exact) mass is 281 g/mol. The summed E-state index contributed by atoms with van der Waals surface area (Å²) in [5, 5.41) is 2.65. The van der Waals surface area contributed by atoms with Gasteiger partial charge in [-0.25, -0.2) is 4.39 Å². The first kappa shape index (κ1) is 14.7. The highest BCUT2D eigenvalue weighted by molar-refractivity contribution is 5.95. The summed E-state index contributed by atoms with van der Waals surface area (Å²) in [4.78, 5) is 14.1. The minimum Gasteiger partial charge on any atom is -0.397 e. The summed E-state index contributed by atoms with van der Waals surface area (Å²) >= 11 is 0. The molecule has 3 N–H and O–H groups in total. The summed E-state index contributed by atoms with van der Waals surface area (Å²) in [5.41, 5.74) is 6.36. The van der Waals surface area contributed by atoms with Crippen LogP contribution in [-0.4, -0.2) is 42.6 Å². The highest BCUT2D eigenvalue weighted by Crippen LogP contribution is 2.19. The molecule has 1 aliphatic heterocycles. The minimum atomic E-state index is -0.428. The van der Waals surface area contributed by atoms with Crippen LogP contribution in [0.15, 0.2) is 18.2 Å². The zero-order valence-corrected chi connectivity index (χ0v) is 11.7. The van der Waals surface area contributed by atoms with Crippen LogP contribution in [-0.2, 0) is 9.53 Å². The molecule has 1 aromatic rings. The van der Waals surface area contributed by atoms with E-state index in [2.05, 4.69) is 5.32 Å². The molecule has 1 fully saturated rings. The van der Waals surface area contributed by atoms with E-state index >= 15 is 0 Å². The molecular weight excluding hydrogens is 261 g/mol. The molecule has 2 unspecified atom stereocenters. The van der Waals surface area contributed by atoms with Crippen LogP contribution in [0.2, 0.25) is 0 Å². The summed E-state index contributed by atoms with van der Waals surface area (Å²) in [6, 6.07) is 4.10. The molecule has 20 heavy (non-hydrogen) atoms. The third kappa shape index (κ3) is 3.68. The van der Waals surface area contributed by atoms with Crippen LogP contribution in [0.1, 0.15) is 13.8 Å². The van der Waals surface area contributed by atoms with Crippen molar-refractivity contribution in [2.45, 2.75) is 26.0 Å². The normalized spacial score (nSPS) is 23.6. The van der Waals surface area contributed by atoms with Crippen LogP contribution < -0.4 is 11.1 Å². The Hall–Kier alpha value is -1.66. The molecule has 0 aromatic heterocycles. The zero-order valence-electron chi connectivity index (χ0n) is 11.7. The topological polar surface area (TPSA) is 67.6 Å². The van der Waals surface area contributed by atoms with Gasteiger partial charge in [0, 0.05) is 12.6 Å². The molecule has 5 nitrogen and oxygen atoms in total. The molecule has 1 aromatic carbocycles. The highest BCUT2D eigenvalue weighted by atomic mass is 19.1. The molecule has 6 heteroatoms. The maximum atomic E-state index is 13.1. The number of nitrogens with one attached hydrogen (secondary N) is 1. The average Bonchev–Trinajstić information content (AvgIpc) is 2.38. The van der Waals surface area contributed by atoms with Crippen molar-refractivity contribution in [3.8, 4) is 0 Å². The molecule has 2 rings (SSSR count). The quantitative estimate of drug-likeness (QED) is 0.823. The Morgan fingerprint density at radius 2 is 2.30 bits per heavy atom. The Morgan fingerprint density at radius 1 is 1.55 bits per heavy atom. The Labute approximate surface area is 117 Å². The second-order valence-corrected chi connectivity index (χ2v) is 5.20. The lowest BCUT2D eigenvalue weighted by Gasteiger charge is -2.36. The van der Waals surface area contributed by atoms with E-state index < -0.39 is 5.82 Å². The van der Waals surface area contributed by atoms with Crippen molar-refractivity contribution in [3.63, 3.8) is 0 Å². The standard InChI is InChI=1S/C14H20FN3O2/c1-9-8-20-10(2)6-18(9)7-14(19)17-13-5-11(15)3-4-12(13)16/h3-5,9-10H,6-8,16H2,1-2H3,(H,17,19). The van der Waals surface area contributed by atoms with Crippen LogP contribution >= 0.6 is 0 Å². The van der Waals surface area contributed by atoms with Crippen molar-refractivity contribution < 1.29 is 13.9 Å². The lowest BCUT2D eigenvalue weighted by atomic mass is 10.2. The molecular formula is C14H20FN3O2. The fourth-order valence-electron chi connectivity index (χ4n) is 2.20. The van der Waals surface area contributed by atoms with Gasteiger partial charge < -0.3 is 15.8 Å². The van der Waals surface area contributed by atoms with Gasteiger partial charge in [0.25, 0.3) is 0 Å². The second-order valence-electron chi connectivity index (χ2n) is 5.20. The van der Waals surface area contributed by atoms with Gasteiger partial charge in [-0.2, -0.15) is 0 Å². The predicted octanol–water partition coefficient (Wildman–Crippen LogP) is 1.46. The van der Waals surface area contributed by atoms with Gasteiger partial charge in [0.15, 0.2) is 0 Å². The highest BCUT2D eigenvalue weighted by Gasteiger charge is 2.25. The Morgan fingerprint density at radius 3 is 3.05 bits per heavy atom. The number of ether oxygens (including phenoxy) is 1. The molecule has 0 saturated carbocycles. The first-order valence-electron chi connectivity index (χ1n) is 6.66. The molecule has 0 aliphatic carbocycles. The van der Waals surface area contributed by atoms with E-state index in [0.29, 0.717) is 24.5 Å². The van der Waals surface area contributed by atoms with Gasteiger partial charge in [-0.1, -0.05) is 0 Å². The SMILES string of the molecule is CC1CN(CC(=O)Nc2cc(F)ccc2N)C(C)CO1. The van der Waals surface area contributed by atoms with E-state index in [4.69, 9.17) is 10.5 Å². The molecule has 0 spiro atoms. The average molecular weight is 281 g/mol. The van der Waals surface area contributed by atoms with Gasteiger partial charge in [-0.15, -0.1) is 0 Å². The van der Waals surface area contributed by atoms with Crippen molar-refractivity contribution in [3.05, 3.63) is 24.0 Å². The van der Waals surface area contributed by atoms with Crippen molar-refractivity contribution >= 4 is 17.3 Å². The van der Waals surface area contributed by atoms with Gasteiger partial charge in [-0.05, 0) is 32.0 Å². The summed E-state index contributed by atoms with van der Waals surface area (Å²) < 4.78 is 18.6. The van der Waals surface area contributed by atoms with E-state index in [1.54, 1.807) is 0 Å². The second kappa shape index (κ2) is 6.19. The molecule has 110 valence electrons. The number of morpholine rings is 1. The molecule has 2 atom stereocenters. The number of hydrogen-bond acceptors (Lipinski definition) is 4. The van der Waals surface area contributed by atoms with E-state index in [1.165, 1.54) is 18.2 Å². The lowest BCUT2D eigenvalue weighted by molar-refractivity contribution is -0.121. The zero-order chi connectivity index (χ0) is 14.7. The minimum absolute atomic E-state index is 0.109. The van der Waals surface area contributed by atoms with Crippen LogP contribution in [0.5, 0.6) is 0 Å². The number of benzene rings is 1. The largest absolute Gasteiger partial charge is 0.397 e. The van der Waals surface area contributed by atoms with Gasteiger partial charge in [0.05, 0.1) is 30.6 Å². The fraction of sp³-hybridized carbons (Fsp3) is 0.500. The number of amides is 1. The van der Waals surface area contributed by atoms with Crippen molar-refractivity contribution in [1.82, 2.24) is 4.90 Å². The van der Waals surface area contributed by atoms with Crippen LogP contribution in [0.25, 0.3) is 0 Å². The molecule has 0 radical (unpaired) electrons. The van der Waals surface area contributed by atoms with E-state index in [0.717, 1.165) is 0 Å². The number of hydrogen-bond donors (Lipinski definition) is 2. The molecule has 1 saturated heterocycles. The summed E-state index contributed by atoms with van der Waals surface area (Å²) in [6.45, 7) is 5.53. The summed E-state index contributed by atoms with van der Waals surface area (Å²) in [5.74, 6) is -0.633. The number of carbonyl (C=O) groups excluding carboxylic acids is 1. The number of carbonyl (C=O) groups is 1. The Bertz CT molecular complexity index is 495. The Balaban J connectivity index is 1.96. The maximum absolute atomic E-state index is 13.1. The predicted molar refractivity (Wildman–Crippen MR) is 75.9 cm³/mol. The van der Waals surface area contributed by atoms with E-state index in [-0.39, 0.29) is 24.6 Å². The van der Waals surface area contributed by atoms with Crippen LogP contribution in [0.3, 0.4) is 0 Å². The third-order valence-corrected chi connectivity index (χ3v) is 3.37. The number of nitrogen functional groups attached to an aromatic ring is 1. The van der Waals surface area contributed by atoms with Crippen molar-refractivity contribution in [1.29, 1.82) is 0 Å². The van der Waals surface area contributed by atoms with Crippen molar-refractivity contribution in [2.75, 3.05) is 30.7 Å². The van der Waals surface area contributed by atoms with Gasteiger partial charge in [0.1, 0.15) is 5.82 Å². The van der Waals surface area contributed by atoms with Gasteiger partial charge >= 0.3 is 0 Å². The maximum Gasteiger partial charge on any atom is 0.238 e. The van der Waals surface area contributed by atoms with Gasteiger partial charge in [-0.3, -0.25) is 9.69 Å². The number of nitrogens with zero attached hydrogens (tertiary/aromatic N) is 1. The lowest BCUT2D eigenvalue weighted by Crippen LogP contribution is -2.50. The van der Waals surface area contributed by atoms with E-state index in [1.807, 2.05) is 18.7 Å². The van der Waals surface area contributed by atoms with Gasteiger partial charge in [0.2, 0.25) is 5.91 Å². The third-order valence-electron chi connectivity index (χ3n) is 3.37. The van der Waals surface area contributed by atoms with Crippen LogP contribution in [0, 0.1) is 5.82 Å². The van der Waals surface area contributed by atoms with Crippen LogP contribution in [0.4, 0.5) is 15.8 Å². The number of anilines is 2. The first-order valence-corrected chi connectivity index (χ1v) is 6.66. The molecule has 1 heterocycles. The van der Waals surface area contributed by atoms with E-state index in [9.17, 15) is 9.18 Å². The summed E-state index contributed by atoms with van der Waals surface area (Å²) in [6.07, 6.45) is 0.109. The number of nitrogens with two attached hydrogens (primary N) is 1. The first-order chi connectivity index (χ1) is 9.45. The van der Waals surface area contributed by atoms with Crippen molar-refractivity contribution in [2.24, 2.45) is 0 Å². The Kier molecular flexibility index (Phi) is 4.57. The number of halogens is 1. The smallest absolute Gasteiger partial charge is 0.238 e. The molecule has 1 amide bonds. The summed E-state index contributed by atoms with van der Waals surface area (Å²) in [7, 11) is 0. The fourth-order valence-corrected chi connectivity index (χ4v) is 2.20. The number of rotatable bonds is 3.